The summed E-state index contributed by atoms with van der Waals surface area (Å²) >= 11 is 19.2. The van der Waals surface area contributed by atoms with Crippen molar-refractivity contribution < 1.29 is 13.9 Å². The zero-order chi connectivity index (χ0) is 34.3. The molecular formula is C35H32Cl3FN6O3. The van der Waals surface area contributed by atoms with Crippen LogP contribution in [0.25, 0.3) is 28.0 Å². The lowest BCUT2D eigenvalue weighted by molar-refractivity contribution is -0.134. The van der Waals surface area contributed by atoms with Gasteiger partial charge in [-0.05, 0) is 61.7 Å². The first-order chi connectivity index (χ1) is 23.0. The van der Waals surface area contributed by atoms with Gasteiger partial charge in [0, 0.05) is 37.4 Å². The minimum atomic E-state index is -0.569. The molecule has 48 heavy (non-hydrogen) atoms. The predicted molar refractivity (Wildman–Crippen MR) is 188 cm³/mol. The maximum absolute atomic E-state index is 15.1. The topological polar surface area (TPSA) is 93.5 Å². The zero-order valence-electron chi connectivity index (χ0n) is 26.7. The first kappa shape index (κ1) is 33.6. The van der Waals surface area contributed by atoms with Gasteiger partial charge in [-0.25, -0.2) is 18.7 Å². The normalized spacial score (nSPS) is 15.0. The smallest absolute Gasteiger partial charge is 0.355 e. The molecule has 6 rings (SSSR count). The number of aromatic nitrogens is 4. The number of rotatable bonds is 7. The number of benzene rings is 2. The highest BCUT2D eigenvalue weighted by atomic mass is 35.5. The SMILES string of the molecule is Cc1ccnc(C(C)C)c1-n1c(=O)nc(N2CCN(C(=O)COc3c(Cl)cccc3Cl)CC2C)c2cc(Cl)c(-c3ccccc3F)nc21. The van der Waals surface area contributed by atoms with Gasteiger partial charge < -0.3 is 14.5 Å². The number of piperazine rings is 1. The van der Waals surface area contributed by atoms with Crippen molar-refractivity contribution >= 4 is 57.6 Å². The van der Waals surface area contributed by atoms with Gasteiger partial charge in [-0.1, -0.05) is 66.8 Å². The number of ether oxygens (including phenoxy) is 1. The van der Waals surface area contributed by atoms with Gasteiger partial charge in [0.05, 0.1) is 37.5 Å². The third-order valence-corrected chi connectivity index (χ3v) is 9.25. The Kier molecular flexibility index (Phi) is 9.60. The average molecular weight is 710 g/mol. The molecule has 0 N–H and O–H groups in total. The molecule has 1 fully saturated rings. The maximum atomic E-state index is 15.1. The van der Waals surface area contributed by atoms with Crippen LogP contribution in [0, 0.1) is 12.7 Å². The minimum absolute atomic E-state index is 0.0246. The van der Waals surface area contributed by atoms with E-state index in [9.17, 15) is 9.59 Å². The highest BCUT2D eigenvalue weighted by Gasteiger charge is 2.31. The number of hydrogen-bond acceptors (Lipinski definition) is 7. The largest absolute Gasteiger partial charge is 0.481 e. The van der Waals surface area contributed by atoms with E-state index in [1.807, 2.05) is 38.7 Å². The molecule has 1 amide bonds. The quantitative estimate of drug-likeness (QED) is 0.173. The van der Waals surface area contributed by atoms with Crippen molar-refractivity contribution in [3.8, 4) is 22.7 Å². The molecule has 1 saturated heterocycles. The average Bonchev–Trinajstić information content (AvgIpc) is 3.04. The second kappa shape index (κ2) is 13.7. The predicted octanol–water partition coefficient (Wildman–Crippen LogP) is 7.49. The Balaban J connectivity index is 1.42. The molecule has 2 aromatic carbocycles. The van der Waals surface area contributed by atoms with E-state index in [0.29, 0.717) is 52.3 Å². The summed E-state index contributed by atoms with van der Waals surface area (Å²) in [4.78, 5) is 45.0. The molecule has 0 spiro atoms. The first-order valence-electron chi connectivity index (χ1n) is 15.4. The summed E-state index contributed by atoms with van der Waals surface area (Å²) in [6.45, 7) is 8.61. The second-order valence-corrected chi connectivity index (χ2v) is 13.2. The van der Waals surface area contributed by atoms with Gasteiger partial charge in [0.1, 0.15) is 11.6 Å². The third kappa shape index (κ3) is 6.32. The standard InChI is InChI=1S/C35H32Cl3FN6O3/c1-19(2)29-31(20(3)12-13-40-29)45-34-23(16-26(38)30(41-34)22-8-5-6-11-27(22)39)33(42-35(45)47)44-15-14-43(17-21(44)4)28(46)18-48-32-24(36)9-7-10-25(32)37/h5-13,16,19,21H,14-15,17-18H2,1-4H3. The molecule has 0 saturated carbocycles. The fourth-order valence-electron chi connectivity index (χ4n) is 6.00. The molecule has 0 radical (unpaired) electrons. The van der Waals surface area contributed by atoms with Gasteiger partial charge in [0.25, 0.3) is 5.91 Å². The van der Waals surface area contributed by atoms with E-state index in [4.69, 9.17) is 44.5 Å². The first-order valence-corrected chi connectivity index (χ1v) is 16.5. The Labute approximate surface area is 291 Å². The molecule has 1 unspecified atom stereocenters. The second-order valence-electron chi connectivity index (χ2n) is 12.0. The fourth-order valence-corrected chi connectivity index (χ4v) is 6.76. The maximum Gasteiger partial charge on any atom is 0.355 e. The molecule has 1 aliphatic heterocycles. The van der Waals surface area contributed by atoms with E-state index in [2.05, 4.69) is 9.97 Å². The van der Waals surface area contributed by atoms with Crippen LogP contribution in [0.4, 0.5) is 10.2 Å². The summed E-state index contributed by atoms with van der Waals surface area (Å²) in [6.07, 6.45) is 1.70. The summed E-state index contributed by atoms with van der Waals surface area (Å²) in [6, 6.07) is 14.4. The third-order valence-electron chi connectivity index (χ3n) is 8.37. The molecule has 0 aliphatic carbocycles. The monoisotopic (exact) mass is 708 g/mol. The number of hydrogen-bond donors (Lipinski definition) is 0. The Morgan fingerprint density at radius 2 is 1.75 bits per heavy atom. The van der Waals surface area contributed by atoms with Crippen molar-refractivity contribution in [1.82, 2.24) is 24.4 Å². The minimum Gasteiger partial charge on any atom is -0.481 e. The molecule has 4 heterocycles. The highest BCUT2D eigenvalue weighted by Crippen LogP contribution is 2.36. The van der Waals surface area contributed by atoms with Crippen LogP contribution < -0.4 is 15.3 Å². The molecule has 248 valence electrons. The van der Waals surface area contributed by atoms with Crippen LogP contribution in [0.2, 0.25) is 15.1 Å². The summed E-state index contributed by atoms with van der Waals surface area (Å²) in [5, 5.41) is 1.33. The molecule has 9 nitrogen and oxygen atoms in total. The lowest BCUT2D eigenvalue weighted by Gasteiger charge is -2.40. The van der Waals surface area contributed by atoms with E-state index in [0.717, 1.165) is 5.56 Å². The highest BCUT2D eigenvalue weighted by molar-refractivity contribution is 6.37. The van der Waals surface area contributed by atoms with Crippen LogP contribution in [0.15, 0.2) is 65.6 Å². The number of carbonyl (C=O) groups excluding carboxylic acids is 1. The molecule has 1 atom stereocenters. The van der Waals surface area contributed by atoms with Crippen molar-refractivity contribution in [3.05, 3.63) is 103 Å². The van der Waals surface area contributed by atoms with Crippen molar-refractivity contribution in [1.29, 1.82) is 0 Å². The number of fused-ring (bicyclic) bond motifs is 1. The Morgan fingerprint density at radius 3 is 2.44 bits per heavy atom. The van der Waals surface area contributed by atoms with Crippen molar-refractivity contribution in [3.63, 3.8) is 0 Å². The molecule has 3 aromatic heterocycles. The van der Waals surface area contributed by atoms with Crippen molar-refractivity contribution in [2.75, 3.05) is 31.1 Å². The fraction of sp³-hybridized carbons (Fsp3) is 0.286. The Bertz CT molecular complexity index is 2090. The van der Waals surface area contributed by atoms with Crippen LogP contribution in [-0.4, -0.2) is 62.6 Å². The zero-order valence-corrected chi connectivity index (χ0v) is 28.9. The number of amides is 1. The molecule has 13 heteroatoms. The number of anilines is 1. The summed E-state index contributed by atoms with van der Waals surface area (Å²) in [7, 11) is 0. The van der Waals surface area contributed by atoms with Crippen LogP contribution in [0.1, 0.15) is 37.9 Å². The van der Waals surface area contributed by atoms with Crippen molar-refractivity contribution in [2.45, 2.75) is 39.7 Å². The van der Waals surface area contributed by atoms with Gasteiger partial charge in [-0.3, -0.25) is 9.78 Å². The molecule has 1 aliphatic rings. The molecular weight excluding hydrogens is 678 g/mol. The number of pyridine rings is 2. The number of para-hydroxylation sites is 1. The van der Waals surface area contributed by atoms with Gasteiger partial charge in [0.2, 0.25) is 0 Å². The van der Waals surface area contributed by atoms with E-state index in [-0.39, 0.29) is 52.2 Å². The summed E-state index contributed by atoms with van der Waals surface area (Å²) < 4.78 is 22.2. The van der Waals surface area contributed by atoms with E-state index >= 15 is 4.39 Å². The number of nitrogens with zero attached hydrogens (tertiary/aromatic N) is 6. The van der Waals surface area contributed by atoms with Gasteiger partial charge in [0.15, 0.2) is 18.0 Å². The van der Waals surface area contributed by atoms with E-state index < -0.39 is 11.5 Å². The molecule has 5 aromatic rings. The summed E-state index contributed by atoms with van der Waals surface area (Å²) in [5.41, 5.74) is 2.16. The van der Waals surface area contributed by atoms with E-state index in [1.165, 1.54) is 10.6 Å². The van der Waals surface area contributed by atoms with Gasteiger partial charge >= 0.3 is 5.69 Å². The lowest BCUT2D eigenvalue weighted by Crippen LogP contribution is -2.55. The Hall–Kier alpha value is -4.25. The van der Waals surface area contributed by atoms with Crippen LogP contribution in [-0.2, 0) is 4.79 Å². The van der Waals surface area contributed by atoms with Crippen LogP contribution in [0.3, 0.4) is 0 Å². The van der Waals surface area contributed by atoms with Gasteiger partial charge in [-0.2, -0.15) is 4.98 Å². The van der Waals surface area contributed by atoms with Crippen molar-refractivity contribution in [2.24, 2.45) is 0 Å². The van der Waals surface area contributed by atoms with E-state index in [1.54, 1.807) is 53.6 Å². The van der Waals surface area contributed by atoms with Crippen LogP contribution in [0.5, 0.6) is 5.75 Å². The number of halogens is 4. The van der Waals surface area contributed by atoms with Crippen LogP contribution >= 0.6 is 34.8 Å². The summed E-state index contributed by atoms with van der Waals surface area (Å²) in [5.74, 6) is -0.139. The number of carbonyl (C=O) groups is 1. The van der Waals surface area contributed by atoms with Gasteiger partial charge in [-0.15, -0.1) is 0 Å². The number of aryl methyl sites for hydroxylation is 1. The molecule has 0 bridgehead atoms. The lowest BCUT2D eigenvalue weighted by atomic mass is 10.0. The Morgan fingerprint density at radius 1 is 1.02 bits per heavy atom.